The topological polar surface area (TPSA) is 56.2 Å². The van der Waals surface area contributed by atoms with Gasteiger partial charge in [0.05, 0.1) is 15.5 Å². The Morgan fingerprint density at radius 3 is 2.67 bits per heavy atom. The Kier molecular flexibility index (Phi) is 2.66. The summed E-state index contributed by atoms with van der Waals surface area (Å²) in [5.74, 6) is 0.231. The van der Waals surface area contributed by atoms with E-state index in [9.17, 15) is 4.39 Å². The van der Waals surface area contributed by atoms with E-state index in [-0.39, 0.29) is 5.82 Å². The zero-order valence-corrected chi connectivity index (χ0v) is 11.3. The van der Waals surface area contributed by atoms with Crippen molar-refractivity contribution in [2.45, 2.75) is 0 Å². The lowest BCUT2D eigenvalue weighted by Crippen LogP contribution is -2.01. The lowest BCUT2D eigenvalue weighted by atomic mass is 10.1. The van der Waals surface area contributed by atoms with E-state index in [0.717, 1.165) is 9.13 Å². The van der Waals surface area contributed by atoms with Crippen molar-refractivity contribution >= 4 is 34.1 Å². The number of halogens is 2. The fraction of sp³-hybridized carbons (Fsp3) is 0. The van der Waals surface area contributed by atoms with Gasteiger partial charge in [-0.05, 0) is 46.9 Å². The van der Waals surface area contributed by atoms with E-state index in [2.05, 4.69) is 32.7 Å². The van der Waals surface area contributed by atoms with Gasteiger partial charge >= 0.3 is 0 Å². The summed E-state index contributed by atoms with van der Waals surface area (Å²) in [5, 5.41) is 4.13. The van der Waals surface area contributed by atoms with E-state index in [4.69, 9.17) is 5.73 Å². The lowest BCUT2D eigenvalue weighted by Gasteiger charge is -2.04. The molecular weight excluding hydrogens is 346 g/mol. The number of aromatic nitrogens is 3. The van der Waals surface area contributed by atoms with E-state index in [1.54, 1.807) is 28.9 Å². The SMILES string of the molecule is Nc1cc(-c2ccc(F)cc2)nc2c(I)cnn12. The van der Waals surface area contributed by atoms with Gasteiger partial charge in [-0.15, -0.1) is 0 Å². The molecule has 0 radical (unpaired) electrons. The van der Waals surface area contributed by atoms with Crippen LogP contribution < -0.4 is 5.73 Å². The first kappa shape index (κ1) is 11.4. The minimum atomic E-state index is -0.272. The summed E-state index contributed by atoms with van der Waals surface area (Å²) >= 11 is 2.15. The quantitative estimate of drug-likeness (QED) is 0.684. The average molecular weight is 354 g/mol. The molecule has 0 atom stereocenters. The van der Waals surface area contributed by atoms with E-state index in [1.165, 1.54) is 12.1 Å². The van der Waals surface area contributed by atoms with Crippen LogP contribution in [0.25, 0.3) is 16.9 Å². The van der Waals surface area contributed by atoms with Gasteiger partial charge in [-0.25, -0.2) is 9.37 Å². The van der Waals surface area contributed by atoms with E-state index >= 15 is 0 Å². The van der Waals surface area contributed by atoms with Crippen molar-refractivity contribution in [2.75, 3.05) is 5.73 Å². The monoisotopic (exact) mass is 354 g/mol. The van der Waals surface area contributed by atoms with Gasteiger partial charge < -0.3 is 5.73 Å². The first-order valence-corrected chi connectivity index (χ1v) is 6.29. The molecule has 4 nitrogen and oxygen atoms in total. The summed E-state index contributed by atoms with van der Waals surface area (Å²) < 4.78 is 15.4. The van der Waals surface area contributed by atoms with Crippen LogP contribution >= 0.6 is 22.6 Å². The summed E-state index contributed by atoms with van der Waals surface area (Å²) in [6.45, 7) is 0. The molecule has 0 amide bonds. The number of hydrogen-bond donors (Lipinski definition) is 1. The van der Waals surface area contributed by atoms with Gasteiger partial charge in [-0.3, -0.25) is 0 Å². The molecule has 6 heteroatoms. The van der Waals surface area contributed by atoms with Gasteiger partial charge in [-0.2, -0.15) is 9.61 Å². The Morgan fingerprint density at radius 1 is 1.22 bits per heavy atom. The number of anilines is 1. The zero-order chi connectivity index (χ0) is 12.7. The van der Waals surface area contributed by atoms with Crippen molar-refractivity contribution in [3.05, 3.63) is 45.9 Å². The molecule has 1 aromatic carbocycles. The first-order valence-electron chi connectivity index (χ1n) is 5.21. The number of rotatable bonds is 1. The highest BCUT2D eigenvalue weighted by molar-refractivity contribution is 14.1. The van der Waals surface area contributed by atoms with Crippen LogP contribution in [0.15, 0.2) is 36.5 Å². The maximum Gasteiger partial charge on any atom is 0.171 e. The maximum absolute atomic E-state index is 12.9. The summed E-state index contributed by atoms with van der Waals surface area (Å²) in [7, 11) is 0. The van der Waals surface area contributed by atoms with Crippen LogP contribution in [0.4, 0.5) is 10.2 Å². The standard InChI is InChI=1S/C12H8FIN4/c13-8-3-1-7(2-4-8)10-5-11(15)18-12(17-10)9(14)6-16-18/h1-6H,15H2. The average Bonchev–Trinajstić information content (AvgIpc) is 2.73. The Balaban J connectivity index is 2.23. The van der Waals surface area contributed by atoms with Crippen molar-refractivity contribution in [1.82, 2.24) is 14.6 Å². The predicted molar refractivity (Wildman–Crippen MR) is 75.5 cm³/mol. The van der Waals surface area contributed by atoms with Crippen molar-refractivity contribution in [3.8, 4) is 11.3 Å². The third kappa shape index (κ3) is 1.82. The molecular formula is C12H8FIN4. The van der Waals surface area contributed by atoms with E-state index < -0.39 is 0 Å². The molecule has 0 saturated heterocycles. The summed E-state index contributed by atoms with van der Waals surface area (Å²) in [6, 6.07) is 7.88. The third-order valence-electron chi connectivity index (χ3n) is 2.60. The number of fused-ring (bicyclic) bond motifs is 1. The number of nitrogen functional groups attached to an aromatic ring is 1. The van der Waals surface area contributed by atoms with Gasteiger partial charge in [-0.1, -0.05) is 0 Å². The Labute approximate surface area is 116 Å². The largest absolute Gasteiger partial charge is 0.384 e. The molecule has 3 rings (SSSR count). The zero-order valence-electron chi connectivity index (χ0n) is 9.14. The molecule has 0 bridgehead atoms. The highest BCUT2D eigenvalue weighted by Crippen LogP contribution is 2.23. The van der Waals surface area contributed by atoms with Crippen LogP contribution in [-0.4, -0.2) is 14.6 Å². The summed E-state index contributed by atoms with van der Waals surface area (Å²) in [6.07, 6.45) is 1.70. The molecule has 2 heterocycles. The first-order chi connectivity index (χ1) is 8.65. The van der Waals surface area contributed by atoms with Crippen LogP contribution in [0.5, 0.6) is 0 Å². The summed E-state index contributed by atoms with van der Waals surface area (Å²) in [4.78, 5) is 4.49. The molecule has 90 valence electrons. The van der Waals surface area contributed by atoms with Crippen molar-refractivity contribution < 1.29 is 4.39 Å². The number of hydrogen-bond acceptors (Lipinski definition) is 3. The van der Waals surface area contributed by atoms with E-state index in [0.29, 0.717) is 17.2 Å². The fourth-order valence-electron chi connectivity index (χ4n) is 1.73. The molecule has 0 saturated carbocycles. The molecule has 0 aliphatic rings. The molecule has 0 aliphatic carbocycles. The van der Waals surface area contributed by atoms with Crippen LogP contribution in [0.1, 0.15) is 0 Å². The smallest absolute Gasteiger partial charge is 0.171 e. The highest BCUT2D eigenvalue weighted by atomic mass is 127. The molecule has 3 aromatic rings. The molecule has 2 aromatic heterocycles. The molecule has 0 unspecified atom stereocenters. The molecule has 0 aliphatic heterocycles. The Morgan fingerprint density at radius 2 is 1.94 bits per heavy atom. The van der Waals surface area contributed by atoms with Crippen molar-refractivity contribution in [2.24, 2.45) is 0 Å². The van der Waals surface area contributed by atoms with Gasteiger partial charge in [0.2, 0.25) is 0 Å². The van der Waals surface area contributed by atoms with Crippen molar-refractivity contribution in [3.63, 3.8) is 0 Å². The number of nitrogens with zero attached hydrogens (tertiary/aromatic N) is 3. The second-order valence-corrected chi connectivity index (χ2v) is 4.96. The minimum Gasteiger partial charge on any atom is -0.384 e. The van der Waals surface area contributed by atoms with E-state index in [1.807, 2.05) is 0 Å². The van der Waals surface area contributed by atoms with Gasteiger partial charge in [0.15, 0.2) is 5.65 Å². The van der Waals surface area contributed by atoms with Gasteiger partial charge in [0.1, 0.15) is 11.6 Å². The van der Waals surface area contributed by atoms with Gasteiger partial charge in [0.25, 0.3) is 0 Å². The lowest BCUT2D eigenvalue weighted by molar-refractivity contribution is 0.628. The second-order valence-electron chi connectivity index (χ2n) is 3.80. The van der Waals surface area contributed by atoms with Crippen LogP contribution in [0.3, 0.4) is 0 Å². The minimum absolute atomic E-state index is 0.272. The molecule has 0 fully saturated rings. The van der Waals surface area contributed by atoms with Crippen LogP contribution in [0, 0.1) is 9.39 Å². The Hall–Kier alpha value is -1.70. The number of nitrogens with two attached hydrogens (primary N) is 1. The molecule has 18 heavy (non-hydrogen) atoms. The van der Waals surface area contributed by atoms with Crippen LogP contribution in [-0.2, 0) is 0 Å². The molecule has 2 N–H and O–H groups in total. The number of benzene rings is 1. The van der Waals surface area contributed by atoms with Crippen molar-refractivity contribution in [1.29, 1.82) is 0 Å². The maximum atomic E-state index is 12.9. The predicted octanol–water partition coefficient (Wildman–Crippen LogP) is 2.72. The Bertz CT molecular complexity index is 721. The fourth-order valence-corrected chi connectivity index (χ4v) is 2.20. The van der Waals surface area contributed by atoms with Crippen LogP contribution in [0.2, 0.25) is 0 Å². The third-order valence-corrected chi connectivity index (χ3v) is 3.36. The summed E-state index contributed by atoms with van der Waals surface area (Å²) in [5.41, 5.74) is 8.15. The second kappa shape index (κ2) is 4.20. The molecule has 0 spiro atoms. The van der Waals surface area contributed by atoms with Gasteiger partial charge in [0, 0.05) is 11.6 Å². The normalized spacial score (nSPS) is 11.0. The highest BCUT2D eigenvalue weighted by Gasteiger charge is 2.09.